The summed E-state index contributed by atoms with van der Waals surface area (Å²) in [7, 11) is 0. The van der Waals surface area contributed by atoms with Crippen LogP contribution in [0, 0.1) is 0 Å². The third-order valence-corrected chi connectivity index (χ3v) is 3.41. The Morgan fingerprint density at radius 3 is 2.46 bits per heavy atom. The second-order valence-corrected chi connectivity index (χ2v) is 5.54. The van der Waals surface area contributed by atoms with Gasteiger partial charge in [-0.2, -0.15) is 13.2 Å². The summed E-state index contributed by atoms with van der Waals surface area (Å²) in [5.74, 6) is 0.552. The van der Waals surface area contributed by atoms with E-state index in [1.165, 1.54) is 12.1 Å². The molecule has 24 heavy (non-hydrogen) atoms. The van der Waals surface area contributed by atoms with E-state index >= 15 is 0 Å². The van der Waals surface area contributed by atoms with E-state index in [0.29, 0.717) is 18.0 Å². The number of alkyl halides is 3. The lowest BCUT2D eigenvalue weighted by Gasteiger charge is -2.17. The molecule has 0 atom stereocenters. The Balaban J connectivity index is 2.19. The van der Waals surface area contributed by atoms with E-state index in [0.717, 1.165) is 6.07 Å². The number of nitrogens with one attached hydrogen (secondary N) is 2. The average Bonchev–Trinajstić information content (AvgIpc) is 2.50. The molecule has 0 unspecified atom stereocenters. The Morgan fingerprint density at radius 2 is 1.79 bits per heavy atom. The normalized spacial score (nSPS) is 11.0. The van der Waals surface area contributed by atoms with E-state index in [-0.39, 0.29) is 15.8 Å². The van der Waals surface area contributed by atoms with Crippen LogP contribution >= 0.6 is 23.8 Å². The minimum Gasteiger partial charge on any atom is -0.492 e. The molecule has 0 amide bonds. The van der Waals surface area contributed by atoms with Crippen molar-refractivity contribution in [1.29, 1.82) is 0 Å². The molecule has 0 spiro atoms. The van der Waals surface area contributed by atoms with Gasteiger partial charge in [-0.15, -0.1) is 0 Å². The summed E-state index contributed by atoms with van der Waals surface area (Å²) in [6, 6.07) is 10.4. The van der Waals surface area contributed by atoms with E-state index in [1.54, 1.807) is 24.3 Å². The first-order valence-corrected chi connectivity index (χ1v) is 7.76. The lowest BCUT2D eigenvalue weighted by atomic mass is 10.1. The van der Waals surface area contributed by atoms with E-state index < -0.39 is 11.7 Å². The Bertz CT molecular complexity index is 738. The highest BCUT2D eigenvalue weighted by atomic mass is 35.5. The molecule has 3 nitrogen and oxygen atoms in total. The van der Waals surface area contributed by atoms with Gasteiger partial charge in [0.2, 0.25) is 0 Å². The molecule has 0 aromatic heterocycles. The summed E-state index contributed by atoms with van der Waals surface area (Å²) < 4.78 is 44.7. The van der Waals surface area contributed by atoms with Crippen molar-refractivity contribution in [2.24, 2.45) is 0 Å². The smallest absolute Gasteiger partial charge is 0.418 e. The fourth-order valence-corrected chi connectivity index (χ4v) is 2.38. The van der Waals surface area contributed by atoms with Gasteiger partial charge < -0.3 is 15.4 Å². The zero-order valence-corrected chi connectivity index (χ0v) is 14.1. The highest BCUT2D eigenvalue weighted by Crippen LogP contribution is 2.36. The summed E-state index contributed by atoms with van der Waals surface area (Å²) in [6.07, 6.45) is -4.55. The van der Waals surface area contributed by atoms with Crippen molar-refractivity contribution < 1.29 is 17.9 Å². The molecular formula is C16H14ClF3N2OS. The number of hydrogen-bond acceptors (Lipinski definition) is 2. The van der Waals surface area contributed by atoms with E-state index in [1.807, 2.05) is 6.92 Å². The van der Waals surface area contributed by atoms with Gasteiger partial charge in [-0.25, -0.2) is 0 Å². The Morgan fingerprint density at radius 1 is 1.12 bits per heavy atom. The number of rotatable bonds is 4. The van der Waals surface area contributed by atoms with E-state index in [2.05, 4.69) is 10.6 Å². The first-order valence-electron chi connectivity index (χ1n) is 6.98. The maximum Gasteiger partial charge on any atom is 0.418 e. The molecule has 0 radical (unpaired) electrons. The largest absolute Gasteiger partial charge is 0.492 e. The highest BCUT2D eigenvalue weighted by Gasteiger charge is 2.34. The van der Waals surface area contributed by atoms with Gasteiger partial charge in [-0.05, 0) is 49.5 Å². The van der Waals surface area contributed by atoms with Crippen LogP contribution < -0.4 is 15.4 Å². The highest BCUT2D eigenvalue weighted by molar-refractivity contribution is 7.80. The number of hydrogen-bond donors (Lipinski definition) is 2. The minimum atomic E-state index is -4.55. The van der Waals surface area contributed by atoms with Crippen LogP contribution in [0.2, 0.25) is 5.02 Å². The molecule has 8 heteroatoms. The molecule has 0 fully saturated rings. The number of anilines is 2. The van der Waals surface area contributed by atoms with Crippen molar-refractivity contribution in [3.05, 3.63) is 53.1 Å². The number of ether oxygens (including phenoxy) is 1. The van der Waals surface area contributed by atoms with Crippen LogP contribution in [0.3, 0.4) is 0 Å². The fourth-order valence-electron chi connectivity index (χ4n) is 1.99. The molecule has 0 aliphatic heterocycles. The first-order chi connectivity index (χ1) is 11.3. The fraction of sp³-hybridized carbons (Fsp3) is 0.188. The van der Waals surface area contributed by atoms with Crippen LogP contribution in [-0.4, -0.2) is 11.7 Å². The van der Waals surface area contributed by atoms with Crippen molar-refractivity contribution in [2.45, 2.75) is 13.1 Å². The molecule has 2 N–H and O–H groups in total. The van der Waals surface area contributed by atoms with Crippen molar-refractivity contribution in [3.63, 3.8) is 0 Å². The van der Waals surface area contributed by atoms with Gasteiger partial charge in [-0.3, -0.25) is 0 Å². The van der Waals surface area contributed by atoms with E-state index in [4.69, 9.17) is 28.6 Å². The minimum absolute atomic E-state index is 0.00607. The van der Waals surface area contributed by atoms with Crippen molar-refractivity contribution in [3.8, 4) is 5.75 Å². The zero-order chi connectivity index (χ0) is 17.7. The second kappa shape index (κ2) is 7.72. The molecule has 2 aromatic carbocycles. The van der Waals surface area contributed by atoms with Gasteiger partial charge in [0, 0.05) is 5.02 Å². The van der Waals surface area contributed by atoms with Crippen LogP contribution in [0.15, 0.2) is 42.5 Å². The van der Waals surface area contributed by atoms with Gasteiger partial charge in [0.1, 0.15) is 5.75 Å². The standard InChI is InChI=1S/C16H14ClF3N2OS/c1-2-23-14-6-4-3-5-13(14)22-15(24)21-12-8-7-10(17)9-11(12)16(18,19)20/h3-9H,2H2,1H3,(H2,21,22,24). The van der Waals surface area contributed by atoms with Gasteiger partial charge in [-0.1, -0.05) is 23.7 Å². The van der Waals surface area contributed by atoms with Gasteiger partial charge in [0.15, 0.2) is 5.11 Å². The first kappa shape index (κ1) is 18.4. The maximum absolute atomic E-state index is 13.1. The quantitative estimate of drug-likeness (QED) is 0.686. The predicted octanol–water partition coefficient (Wildman–Crippen LogP) is 5.57. The van der Waals surface area contributed by atoms with Gasteiger partial charge in [0.05, 0.1) is 23.5 Å². The molecule has 0 aliphatic rings. The number of thiocarbonyl (C=S) groups is 1. The van der Waals surface area contributed by atoms with Crippen LogP contribution in [0.4, 0.5) is 24.5 Å². The molecule has 0 aliphatic carbocycles. The van der Waals surface area contributed by atoms with Gasteiger partial charge >= 0.3 is 6.18 Å². The predicted molar refractivity (Wildman–Crippen MR) is 93.9 cm³/mol. The summed E-state index contributed by atoms with van der Waals surface area (Å²) in [4.78, 5) is 0. The summed E-state index contributed by atoms with van der Waals surface area (Å²) in [5, 5.41) is 5.38. The average molecular weight is 375 g/mol. The Kier molecular flexibility index (Phi) is 5.90. The lowest BCUT2D eigenvalue weighted by Crippen LogP contribution is -2.22. The molecule has 2 aromatic rings. The third-order valence-electron chi connectivity index (χ3n) is 2.97. The van der Waals surface area contributed by atoms with Crippen molar-refractivity contribution >= 4 is 40.3 Å². The topological polar surface area (TPSA) is 33.3 Å². The molecule has 0 saturated carbocycles. The molecule has 0 bridgehead atoms. The maximum atomic E-state index is 13.1. The summed E-state index contributed by atoms with van der Waals surface area (Å²) in [6.45, 7) is 2.28. The summed E-state index contributed by atoms with van der Waals surface area (Å²) in [5.41, 5.74) is -0.519. The van der Waals surface area contributed by atoms with Crippen molar-refractivity contribution in [2.75, 3.05) is 17.2 Å². The van der Waals surface area contributed by atoms with E-state index in [9.17, 15) is 13.2 Å². The molecule has 128 valence electrons. The Labute approximate surface area is 147 Å². The molecule has 2 rings (SSSR count). The zero-order valence-electron chi connectivity index (χ0n) is 12.6. The lowest BCUT2D eigenvalue weighted by molar-refractivity contribution is -0.136. The van der Waals surface area contributed by atoms with Crippen molar-refractivity contribution in [1.82, 2.24) is 0 Å². The monoisotopic (exact) mass is 374 g/mol. The second-order valence-electron chi connectivity index (χ2n) is 4.70. The molecule has 0 heterocycles. The van der Waals surface area contributed by atoms with Gasteiger partial charge in [0.25, 0.3) is 0 Å². The van der Waals surface area contributed by atoms with Crippen LogP contribution in [0.25, 0.3) is 0 Å². The third kappa shape index (κ3) is 4.75. The Hall–Kier alpha value is -1.99. The number of benzene rings is 2. The number of halogens is 4. The molecule has 0 saturated heterocycles. The van der Waals surface area contributed by atoms with Crippen LogP contribution in [0.1, 0.15) is 12.5 Å². The summed E-state index contributed by atoms with van der Waals surface area (Å²) >= 11 is 10.8. The van der Waals surface area contributed by atoms with Crippen LogP contribution in [0.5, 0.6) is 5.75 Å². The SMILES string of the molecule is CCOc1ccccc1NC(=S)Nc1ccc(Cl)cc1C(F)(F)F. The number of para-hydroxylation sites is 2. The van der Waals surface area contributed by atoms with Crippen LogP contribution in [-0.2, 0) is 6.18 Å². The molecular weight excluding hydrogens is 361 g/mol.